The van der Waals surface area contributed by atoms with Crippen LogP contribution in [0.3, 0.4) is 0 Å². The van der Waals surface area contributed by atoms with Crippen molar-refractivity contribution in [3.8, 4) is 0 Å². The Kier molecular flexibility index (Phi) is 5.55. The lowest BCUT2D eigenvalue weighted by molar-refractivity contribution is -0.119. The minimum Gasteiger partial charge on any atom is -0.389 e. The molecule has 0 radical (unpaired) electrons. The number of anilines is 2. The van der Waals surface area contributed by atoms with E-state index in [9.17, 15) is 9.59 Å². The normalized spacial score (nSPS) is 17.8. The van der Waals surface area contributed by atoms with E-state index in [1.807, 2.05) is 49.2 Å². The van der Waals surface area contributed by atoms with Crippen LogP contribution in [-0.4, -0.2) is 35.4 Å². The number of hydrogen-bond donors (Lipinski definition) is 2. The Bertz CT molecular complexity index is 1130. The van der Waals surface area contributed by atoms with Crippen LogP contribution >= 0.6 is 0 Å². The molecule has 7 nitrogen and oxygen atoms in total. The summed E-state index contributed by atoms with van der Waals surface area (Å²) >= 11 is 0. The molecule has 3 aromatic rings. The number of hydrogen-bond acceptors (Lipinski definition) is 6. The maximum atomic E-state index is 12.7. The molecule has 1 aliphatic heterocycles. The van der Waals surface area contributed by atoms with Crippen molar-refractivity contribution >= 4 is 28.5 Å². The van der Waals surface area contributed by atoms with Gasteiger partial charge in [-0.2, -0.15) is 4.98 Å². The maximum Gasteiger partial charge on any atom is 0.348 e. The number of rotatable bonds is 5. The number of likely N-dealkylation sites (N-methyl/N-ethyl adjacent to an activating group) is 1. The molecule has 0 aliphatic carbocycles. The molecule has 2 atom stereocenters. The highest BCUT2D eigenvalue weighted by atomic mass is 16.4. The van der Waals surface area contributed by atoms with Crippen LogP contribution in [0.2, 0.25) is 0 Å². The SMILES string of the molecule is Cc1c(NC(=O)[C@@H]2CCCN2C)ccc2nc(N[C@@H](C)c3ccccc3)oc(=O)c12. The van der Waals surface area contributed by atoms with Crippen LogP contribution in [-0.2, 0) is 4.79 Å². The largest absolute Gasteiger partial charge is 0.389 e. The van der Waals surface area contributed by atoms with Gasteiger partial charge < -0.3 is 15.1 Å². The zero-order valence-corrected chi connectivity index (χ0v) is 17.4. The quantitative estimate of drug-likeness (QED) is 0.672. The zero-order valence-electron chi connectivity index (χ0n) is 17.4. The Labute approximate surface area is 175 Å². The number of nitrogens with zero attached hydrogens (tertiary/aromatic N) is 2. The van der Waals surface area contributed by atoms with Gasteiger partial charge >= 0.3 is 5.63 Å². The van der Waals surface area contributed by atoms with Gasteiger partial charge in [0, 0.05) is 5.69 Å². The number of amides is 1. The van der Waals surface area contributed by atoms with E-state index in [4.69, 9.17) is 4.42 Å². The van der Waals surface area contributed by atoms with Gasteiger partial charge in [0.05, 0.1) is 23.0 Å². The second-order valence-electron chi connectivity index (χ2n) is 7.84. The van der Waals surface area contributed by atoms with Crippen LogP contribution in [0.25, 0.3) is 10.9 Å². The highest BCUT2D eigenvalue weighted by molar-refractivity contribution is 5.98. The Balaban J connectivity index is 1.59. The highest BCUT2D eigenvalue weighted by Crippen LogP contribution is 2.25. The third kappa shape index (κ3) is 3.93. The summed E-state index contributed by atoms with van der Waals surface area (Å²) in [6, 6.07) is 13.4. The van der Waals surface area contributed by atoms with E-state index in [1.54, 1.807) is 19.1 Å². The van der Waals surface area contributed by atoms with Gasteiger partial charge in [-0.1, -0.05) is 30.3 Å². The number of benzene rings is 2. The van der Waals surface area contributed by atoms with E-state index >= 15 is 0 Å². The number of aryl methyl sites for hydroxylation is 1. The fourth-order valence-corrected chi connectivity index (χ4v) is 3.98. The van der Waals surface area contributed by atoms with Gasteiger partial charge in [-0.05, 0) is 63.5 Å². The van der Waals surface area contributed by atoms with E-state index in [1.165, 1.54) is 0 Å². The molecule has 4 rings (SSSR count). The molecule has 30 heavy (non-hydrogen) atoms. The fourth-order valence-electron chi connectivity index (χ4n) is 3.98. The molecule has 1 fully saturated rings. The van der Waals surface area contributed by atoms with Crippen LogP contribution in [0.15, 0.2) is 51.7 Å². The van der Waals surface area contributed by atoms with E-state index < -0.39 is 5.63 Å². The standard InChI is InChI=1S/C23H26N4O3/c1-14-17(25-21(28)19-10-7-13-27(19)3)11-12-18-20(14)22(29)30-23(26-18)24-15(2)16-8-5-4-6-9-16/h4-6,8-9,11-12,15,19H,7,10,13H2,1-3H3,(H,24,26)(H,25,28)/t15-,19-/m0/s1. The summed E-state index contributed by atoms with van der Waals surface area (Å²) < 4.78 is 5.44. The van der Waals surface area contributed by atoms with Gasteiger partial charge in [-0.15, -0.1) is 0 Å². The number of likely N-dealkylation sites (tertiary alicyclic amines) is 1. The Morgan fingerprint density at radius 1 is 1.23 bits per heavy atom. The van der Waals surface area contributed by atoms with Crippen molar-refractivity contribution in [2.24, 2.45) is 0 Å². The van der Waals surface area contributed by atoms with Crippen LogP contribution in [0.4, 0.5) is 11.7 Å². The fraction of sp³-hybridized carbons (Fsp3) is 0.348. The van der Waals surface area contributed by atoms with E-state index in [-0.39, 0.29) is 24.0 Å². The van der Waals surface area contributed by atoms with Gasteiger partial charge in [0.2, 0.25) is 5.91 Å². The van der Waals surface area contributed by atoms with Crippen LogP contribution in [0.1, 0.15) is 36.9 Å². The van der Waals surface area contributed by atoms with Crippen molar-refractivity contribution in [1.29, 1.82) is 0 Å². The molecular formula is C23H26N4O3. The Morgan fingerprint density at radius 3 is 2.70 bits per heavy atom. The minimum atomic E-state index is -0.477. The number of carbonyl (C=O) groups excluding carboxylic acids is 1. The monoisotopic (exact) mass is 406 g/mol. The van der Waals surface area contributed by atoms with Crippen molar-refractivity contribution < 1.29 is 9.21 Å². The smallest absolute Gasteiger partial charge is 0.348 e. The van der Waals surface area contributed by atoms with Crippen molar-refractivity contribution in [1.82, 2.24) is 9.88 Å². The lowest BCUT2D eigenvalue weighted by Gasteiger charge is -2.19. The third-order valence-electron chi connectivity index (χ3n) is 5.78. The first-order valence-electron chi connectivity index (χ1n) is 10.2. The van der Waals surface area contributed by atoms with Crippen molar-refractivity contribution in [3.05, 3.63) is 64.0 Å². The maximum absolute atomic E-state index is 12.7. The summed E-state index contributed by atoms with van der Waals surface area (Å²) in [6.45, 7) is 4.69. The van der Waals surface area contributed by atoms with E-state index in [0.29, 0.717) is 22.2 Å². The minimum absolute atomic E-state index is 0.0511. The average molecular weight is 406 g/mol. The molecule has 1 saturated heterocycles. The molecule has 0 bridgehead atoms. The Hall–Kier alpha value is -3.19. The highest BCUT2D eigenvalue weighted by Gasteiger charge is 2.28. The van der Waals surface area contributed by atoms with Gasteiger partial charge in [0.15, 0.2) is 0 Å². The number of nitrogens with one attached hydrogen (secondary N) is 2. The summed E-state index contributed by atoms with van der Waals surface area (Å²) in [5.41, 5.74) is 2.38. The molecule has 156 valence electrons. The summed E-state index contributed by atoms with van der Waals surface area (Å²) in [6.07, 6.45) is 1.85. The lowest BCUT2D eigenvalue weighted by atomic mass is 10.1. The molecule has 7 heteroatoms. The Morgan fingerprint density at radius 2 is 2.00 bits per heavy atom. The van der Waals surface area contributed by atoms with Crippen LogP contribution in [0.5, 0.6) is 0 Å². The first-order chi connectivity index (χ1) is 14.4. The lowest BCUT2D eigenvalue weighted by Crippen LogP contribution is -2.37. The zero-order chi connectivity index (χ0) is 21.3. The molecule has 0 unspecified atom stereocenters. The van der Waals surface area contributed by atoms with Crippen molar-refractivity contribution in [2.75, 3.05) is 24.2 Å². The third-order valence-corrected chi connectivity index (χ3v) is 5.78. The summed E-state index contributed by atoms with van der Waals surface area (Å²) in [4.78, 5) is 31.9. The van der Waals surface area contributed by atoms with Gasteiger partial charge in [0.1, 0.15) is 0 Å². The predicted molar refractivity (Wildman–Crippen MR) is 118 cm³/mol. The van der Waals surface area contributed by atoms with Crippen molar-refractivity contribution in [3.63, 3.8) is 0 Å². The summed E-state index contributed by atoms with van der Waals surface area (Å²) in [5.74, 6) is -0.0511. The predicted octanol–water partition coefficient (Wildman–Crippen LogP) is 3.70. The molecule has 2 N–H and O–H groups in total. The van der Waals surface area contributed by atoms with Crippen LogP contribution < -0.4 is 16.3 Å². The van der Waals surface area contributed by atoms with Crippen molar-refractivity contribution in [2.45, 2.75) is 38.8 Å². The second kappa shape index (κ2) is 8.28. The number of carbonyl (C=O) groups is 1. The number of fused-ring (bicyclic) bond motifs is 1. The van der Waals surface area contributed by atoms with Gasteiger partial charge in [0.25, 0.3) is 6.01 Å². The van der Waals surface area contributed by atoms with Crippen LogP contribution in [0, 0.1) is 6.92 Å². The van der Waals surface area contributed by atoms with Gasteiger partial charge in [-0.25, -0.2) is 4.79 Å². The molecule has 2 aromatic carbocycles. The van der Waals surface area contributed by atoms with Gasteiger partial charge in [-0.3, -0.25) is 9.69 Å². The molecule has 1 amide bonds. The van der Waals surface area contributed by atoms with E-state index in [0.717, 1.165) is 24.9 Å². The summed E-state index contributed by atoms with van der Waals surface area (Å²) in [5, 5.41) is 6.49. The molecule has 0 spiro atoms. The first kappa shape index (κ1) is 20.1. The molecule has 2 heterocycles. The van der Waals surface area contributed by atoms with E-state index in [2.05, 4.69) is 15.6 Å². The average Bonchev–Trinajstić information content (AvgIpc) is 3.16. The number of aromatic nitrogens is 1. The molecular weight excluding hydrogens is 380 g/mol. The topological polar surface area (TPSA) is 87.5 Å². The summed E-state index contributed by atoms with van der Waals surface area (Å²) in [7, 11) is 1.95. The molecule has 1 aromatic heterocycles. The second-order valence-corrected chi connectivity index (χ2v) is 7.84. The molecule has 0 saturated carbocycles. The first-order valence-corrected chi connectivity index (χ1v) is 10.2. The molecule has 1 aliphatic rings.